The highest BCUT2D eigenvalue weighted by atomic mass is 32.2. The van der Waals surface area contributed by atoms with Crippen LogP contribution in [-0.2, 0) is 5.75 Å². The van der Waals surface area contributed by atoms with Crippen LogP contribution >= 0.6 is 11.8 Å². The number of rotatable bonds is 5. The molecule has 0 spiro atoms. The number of nitrogens with two attached hydrogens (primary N) is 1. The topological polar surface area (TPSA) is 82.0 Å². The lowest BCUT2D eigenvalue weighted by atomic mass is 10.1. The van der Waals surface area contributed by atoms with Crippen molar-refractivity contribution in [1.82, 2.24) is 4.98 Å². The Morgan fingerprint density at radius 2 is 2.25 bits per heavy atom. The molecule has 0 aliphatic rings. The zero-order valence-corrected chi connectivity index (χ0v) is 10.2. The standard InChI is InChI=1S/C10H15N3O2S/c1-7-5-12-9(6-16-4-3-11)8(2)10(7)13(14)15/h5H,3-4,6,11H2,1-2H3. The van der Waals surface area contributed by atoms with Gasteiger partial charge in [-0.25, -0.2) is 0 Å². The van der Waals surface area contributed by atoms with E-state index in [4.69, 9.17) is 5.73 Å². The van der Waals surface area contributed by atoms with E-state index in [-0.39, 0.29) is 10.6 Å². The van der Waals surface area contributed by atoms with E-state index in [1.54, 1.807) is 31.8 Å². The molecule has 0 unspecified atom stereocenters. The molecule has 0 amide bonds. The molecule has 0 bridgehead atoms. The van der Waals surface area contributed by atoms with Crippen molar-refractivity contribution in [3.8, 4) is 0 Å². The van der Waals surface area contributed by atoms with Crippen LogP contribution in [0.1, 0.15) is 16.8 Å². The van der Waals surface area contributed by atoms with Crippen LogP contribution in [-0.4, -0.2) is 22.2 Å². The molecule has 1 rings (SSSR count). The molecule has 5 nitrogen and oxygen atoms in total. The van der Waals surface area contributed by atoms with Crippen LogP contribution in [0.5, 0.6) is 0 Å². The molecule has 0 saturated carbocycles. The lowest BCUT2D eigenvalue weighted by Crippen LogP contribution is -2.04. The minimum atomic E-state index is -0.344. The minimum Gasteiger partial charge on any atom is -0.330 e. The van der Waals surface area contributed by atoms with Gasteiger partial charge in [0.25, 0.3) is 5.69 Å². The second-order valence-electron chi connectivity index (χ2n) is 3.46. The fourth-order valence-electron chi connectivity index (χ4n) is 1.44. The van der Waals surface area contributed by atoms with Gasteiger partial charge < -0.3 is 5.73 Å². The summed E-state index contributed by atoms with van der Waals surface area (Å²) in [4.78, 5) is 14.8. The molecule has 0 radical (unpaired) electrons. The van der Waals surface area contributed by atoms with Crippen molar-refractivity contribution in [1.29, 1.82) is 0 Å². The van der Waals surface area contributed by atoms with E-state index in [2.05, 4.69) is 4.98 Å². The molecule has 88 valence electrons. The van der Waals surface area contributed by atoms with Gasteiger partial charge in [0.15, 0.2) is 0 Å². The Balaban J connectivity index is 2.95. The van der Waals surface area contributed by atoms with Crippen LogP contribution in [0, 0.1) is 24.0 Å². The predicted molar refractivity (Wildman–Crippen MR) is 65.6 cm³/mol. The van der Waals surface area contributed by atoms with Crippen LogP contribution < -0.4 is 5.73 Å². The summed E-state index contributed by atoms with van der Waals surface area (Å²) in [6.07, 6.45) is 1.56. The Morgan fingerprint density at radius 1 is 1.56 bits per heavy atom. The molecule has 2 N–H and O–H groups in total. The summed E-state index contributed by atoms with van der Waals surface area (Å²) < 4.78 is 0. The highest BCUT2D eigenvalue weighted by molar-refractivity contribution is 7.98. The van der Waals surface area contributed by atoms with Crippen molar-refractivity contribution >= 4 is 17.4 Å². The van der Waals surface area contributed by atoms with Gasteiger partial charge in [-0.3, -0.25) is 15.1 Å². The summed E-state index contributed by atoms with van der Waals surface area (Å²) in [5.41, 5.74) is 7.60. The first kappa shape index (κ1) is 12.9. The summed E-state index contributed by atoms with van der Waals surface area (Å²) in [6, 6.07) is 0. The summed E-state index contributed by atoms with van der Waals surface area (Å²) in [5.74, 6) is 1.51. The van der Waals surface area contributed by atoms with Gasteiger partial charge in [0.05, 0.1) is 10.6 Å². The first-order valence-corrected chi connectivity index (χ1v) is 6.10. The maximum atomic E-state index is 10.9. The fourth-order valence-corrected chi connectivity index (χ4v) is 2.24. The number of hydrogen-bond donors (Lipinski definition) is 1. The molecule has 1 heterocycles. The van der Waals surface area contributed by atoms with Crippen molar-refractivity contribution in [3.63, 3.8) is 0 Å². The molecule has 6 heteroatoms. The van der Waals surface area contributed by atoms with E-state index < -0.39 is 0 Å². The van der Waals surface area contributed by atoms with E-state index in [1.165, 1.54) is 0 Å². The third kappa shape index (κ3) is 2.93. The zero-order chi connectivity index (χ0) is 12.1. The van der Waals surface area contributed by atoms with Crippen LogP contribution in [0.25, 0.3) is 0 Å². The van der Waals surface area contributed by atoms with Gasteiger partial charge in [-0.2, -0.15) is 11.8 Å². The van der Waals surface area contributed by atoms with E-state index in [9.17, 15) is 10.1 Å². The maximum Gasteiger partial charge on any atom is 0.278 e. The molecule has 1 aromatic rings. The van der Waals surface area contributed by atoms with Crippen LogP contribution in [0.2, 0.25) is 0 Å². The van der Waals surface area contributed by atoms with Crippen LogP contribution in [0.15, 0.2) is 6.20 Å². The molecule has 1 aromatic heterocycles. The number of nitrogens with zero attached hydrogens (tertiary/aromatic N) is 2. The Kier molecular flexibility index (Phi) is 4.70. The SMILES string of the molecule is Cc1cnc(CSCCN)c(C)c1[N+](=O)[O-]. The van der Waals surface area contributed by atoms with Crippen molar-refractivity contribution in [2.45, 2.75) is 19.6 Å². The molecular formula is C10H15N3O2S. The summed E-state index contributed by atoms with van der Waals surface area (Å²) in [7, 11) is 0. The van der Waals surface area contributed by atoms with Crippen molar-refractivity contribution in [2.24, 2.45) is 5.73 Å². The van der Waals surface area contributed by atoms with Gasteiger partial charge in [0.2, 0.25) is 0 Å². The van der Waals surface area contributed by atoms with E-state index in [0.29, 0.717) is 23.4 Å². The second kappa shape index (κ2) is 5.81. The van der Waals surface area contributed by atoms with Crippen molar-refractivity contribution in [3.05, 3.63) is 33.1 Å². The molecular weight excluding hydrogens is 226 g/mol. The van der Waals surface area contributed by atoms with Gasteiger partial charge in [-0.05, 0) is 13.8 Å². The van der Waals surface area contributed by atoms with Crippen molar-refractivity contribution < 1.29 is 4.92 Å². The fraction of sp³-hybridized carbons (Fsp3) is 0.500. The van der Waals surface area contributed by atoms with Crippen LogP contribution in [0.3, 0.4) is 0 Å². The molecule has 16 heavy (non-hydrogen) atoms. The van der Waals surface area contributed by atoms with E-state index in [1.807, 2.05) is 0 Å². The van der Waals surface area contributed by atoms with Gasteiger partial charge in [0.1, 0.15) is 0 Å². The van der Waals surface area contributed by atoms with Crippen molar-refractivity contribution in [2.75, 3.05) is 12.3 Å². The minimum absolute atomic E-state index is 0.179. The van der Waals surface area contributed by atoms with Gasteiger partial charge >= 0.3 is 0 Å². The summed E-state index contributed by atoms with van der Waals surface area (Å²) in [6.45, 7) is 4.06. The Morgan fingerprint density at radius 3 is 2.81 bits per heavy atom. The quantitative estimate of drug-likeness (QED) is 0.483. The van der Waals surface area contributed by atoms with Gasteiger partial charge in [0, 0.05) is 35.4 Å². The monoisotopic (exact) mass is 241 g/mol. The van der Waals surface area contributed by atoms with E-state index >= 15 is 0 Å². The average Bonchev–Trinajstić information content (AvgIpc) is 2.21. The highest BCUT2D eigenvalue weighted by Crippen LogP contribution is 2.26. The number of aromatic nitrogens is 1. The molecule has 0 aliphatic carbocycles. The van der Waals surface area contributed by atoms with Gasteiger partial charge in [-0.1, -0.05) is 0 Å². The number of pyridine rings is 1. The van der Waals surface area contributed by atoms with E-state index in [0.717, 1.165) is 11.4 Å². The smallest absolute Gasteiger partial charge is 0.278 e. The second-order valence-corrected chi connectivity index (χ2v) is 4.57. The summed E-state index contributed by atoms with van der Waals surface area (Å²) in [5, 5.41) is 10.9. The molecule has 0 saturated heterocycles. The number of nitro groups is 1. The lowest BCUT2D eigenvalue weighted by molar-refractivity contribution is -0.386. The van der Waals surface area contributed by atoms with Gasteiger partial charge in [-0.15, -0.1) is 0 Å². The molecule has 0 atom stereocenters. The number of hydrogen-bond acceptors (Lipinski definition) is 5. The first-order valence-electron chi connectivity index (χ1n) is 4.95. The third-order valence-electron chi connectivity index (χ3n) is 2.26. The largest absolute Gasteiger partial charge is 0.330 e. The van der Waals surface area contributed by atoms with Crippen LogP contribution in [0.4, 0.5) is 5.69 Å². The molecule has 0 aliphatic heterocycles. The Hall–Kier alpha value is -1.14. The molecule has 0 fully saturated rings. The summed E-state index contributed by atoms with van der Waals surface area (Å²) >= 11 is 1.64. The predicted octanol–water partition coefficient (Wildman–Crippen LogP) is 1.80. The normalized spacial score (nSPS) is 10.4. The highest BCUT2D eigenvalue weighted by Gasteiger charge is 2.18. The average molecular weight is 241 g/mol. The Labute approximate surface area is 98.6 Å². The third-order valence-corrected chi connectivity index (χ3v) is 3.26. The lowest BCUT2D eigenvalue weighted by Gasteiger charge is -2.06. The zero-order valence-electron chi connectivity index (χ0n) is 9.40. The maximum absolute atomic E-state index is 10.9. The Bertz CT molecular complexity index is 396. The molecule has 0 aromatic carbocycles. The first-order chi connectivity index (χ1) is 7.57. The number of aryl methyl sites for hydroxylation is 1. The number of thioether (sulfide) groups is 1.